The summed E-state index contributed by atoms with van der Waals surface area (Å²) in [6.45, 7) is 1.50. The molecule has 3 nitrogen and oxygen atoms in total. The standard InChI is InChI=1S/C14H13IN2O/c15-12-4-2-1-3-11(12)14(18)17-8-6-13-10(9-17)5-7-16-13/h1-5,7,16H,6,8-9H2. The molecule has 0 atom stereocenters. The lowest BCUT2D eigenvalue weighted by Crippen LogP contribution is -2.36. The van der Waals surface area contributed by atoms with Gasteiger partial charge >= 0.3 is 0 Å². The molecule has 4 heteroatoms. The van der Waals surface area contributed by atoms with Gasteiger partial charge in [0.2, 0.25) is 0 Å². The Kier molecular flexibility index (Phi) is 3.11. The van der Waals surface area contributed by atoms with Gasteiger partial charge in [0.15, 0.2) is 0 Å². The maximum Gasteiger partial charge on any atom is 0.255 e. The highest BCUT2D eigenvalue weighted by molar-refractivity contribution is 14.1. The second-order valence-electron chi connectivity index (χ2n) is 4.44. The Labute approximate surface area is 119 Å². The van der Waals surface area contributed by atoms with Crippen LogP contribution in [0.2, 0.25) is 0 Å². The maximum absolute atomic E-state index is 12.5. The molecular formula is C14H13IN2O. The van der Waals surface area contributed by atoms with E-state index in [0.29, 0.717) is 6.54 Å². The van der Waals surface area contributed by atoms with Crippen molar-refractivity contribution in [3.8, 4) is 0 Å². The summed E-state index contributed by atoms with van der Waals surface area (Å²) < 4.78 is 1.01. The van der Waals surface area contributed by atoms with E-state index < -0.39 is 0 Å². The van der Waals surface area contributed by atoms with Crippen molar-refractivity contribution in [3.05, 3.63) is 56.9 Å². The lowest BCUT2D eigenvalue weighted by Gasteiger charge is -2.27. The zero-order valence-corrected chi connectivity index (χ0v) is 12.0. The number of aromatic nitrogens is 1. The topological polar surface area (TPSA) is 36.1 Å². The Morgan fingerprint density at radius 3 is 2.94 bits per heavy atom. The summed E-state index contributed by atoms with van der Waals surface area (Å²) in [5, 5.41) is 0. The number of amides is 1. The molecule has 0 aliphatic carbocycles. The number of H-pyrrole nitrogens is 1. The average Bonchev–Trinajstić information content (AvgIpc) is 2.85. The van der Waals surface area contributed by atoms with E-state index in [1.165, 1.54) is 11.3 Å². The molecule has 0 spiro atoms. The Bertz CT molecular complexity index is 591. The van der Waals surface area contributed by atoms with Crippen molar-refractivity contribution in [1.29, 1.82) is 0 Å². The molecule has 0 saturated heterocycles. The first-order valence-corrected chi connectivity index (χ1v) is 7.02. The van der Waals surface area contributed by atoms with Gasteiger partial charge in [-0.3, -0.25) is 4.79 Å². The number of halogens is 1. The fourth-order valence-corrected chi connectivity index (χ4v) is 2.94. The van der Waals surface area contributed by atoms with Crippen LogP contribution in [-0.4, -0.2) is 22.3 Å². The highest BCUT2D eigenvalue weighted by Gasteiger charge is 2.23. The van der Waals surface area contributed by atoms with Gasteiger partial charge in [0.25, 0.3) is 5.91 Å². The number of nitrogens with one attached hydrogen (secondary N) is 1. The van der Waals surface area contributed by atoms with Crippen LogP contribution in [-0.2, 0) is 13.0 Å². The molecule has 2 aromatic rings. The van der Waals surface area contributed by atoms with Crippen molar-refractivity contribution in [3.63, 3.8) is 0 Å². The smallest absolute Gasteiger partial charge is 0.255 e. The summed E-state index contributed by atoms with van der Waals surface area (Å²) in [6.07, 6.45) is 2.86. The van der Waals surface area contributed by atoms with E-state index in [0.717, 1.165) is 22.1 Å². The third-order valence-electron chi connectivity index (χ3n) is 3.31. The Balaban J connectivity index is 1.85. The zero-order chi connectivity index (χ0) is 12.5. The minimum absolute atomic E-state index is 0.131. The molecule has 0 fully saturated rings. The van der Waals surface area contributed by atoms with Crippen LogP contribution in [0.4, 0.5) is 0 Å². The predicted octanol–water partition coefficient (Wildman–Crippen LogP) is 2.82. The predicted molar refractivity (Wildman–Crippen MR) is 78.4 cm³/mol. The number of nitrogens with zero attached hydrogens (tertiary/aromatic N) is 1. The lowest BCUT2D eigenvalue weighted by molar-refractivity contribution is 0.0733. The summed E-state index contributed by atoms with van der Waals surface area (Å²) in [6, 6.07) is 9.81. The molecule has 0 radical (unpaired) electrons. The van der Waals surface area contributed by atoms with Crippen LogP contribution in [0.5, 0.6) is 0 Å². The van der Waals surface area contributed by atoms with Crippen molar-refractivity contribution in [2.45, 2.75) is 13.0 Å². The van der Waals surface area contributed by atoms with Crippen molar-refractivity contribution < 1.29 is 4.79 Å². The largest absolute Gasteiger partial charge is 0.365 e. The van der Waals surface area contributed by atoms with E-state index in [1.54, 1.807) is 0 Å². The number of rotatable bonds is 1. The quantitative estimate of drug-likeness (QED) is 0.788. The van der Waals surface area contributed by atoms with Gasteiger partial charge in [0.1, 0.15) is 0 Å². The number of benzene rings is 1. The number of hydrogen-bond donors (Lipinski definition) is 1. The van der Waals surface area contributed by atoms with E-state index in [4.69, 9.17) is 0 Å². The van der Waals surface area contributed by atoms with Crippen molar-refractivity contribution >= 4 is 28.5 Å². The highest BCUT2D eigenvalue weighted by atomic mass is 127. The van der Waals surface area contributed by atoms with Crippen LogP contribution < -0.4 is 0 Å². The fraction of sp³-hybridized carbons (Fsp3) is 0.214. The normalized spacial score (nSPS) is 14.4. The monoisotopic (exact) mass is 352 g/mol. The van der Waals surface area contributed by atoms with Gasteiger partial charge in [-0.25, -0.2) is 0 Å². The number of carbonyl (C=O) groups is 1. The molecule has 0 bridgehead atoms. The average molecular weight is 352 g/mol. The molecule has 1 aliphatic heterocycles. The fourth-order valence-electron chi connectivity index (χ4n) is 2.33. The number of aromatic amines is 1. The molecular weight excluding hydrogens is 339 g/mol. The Hall–Kier alpha value is -1.30. The number of hydrogen-bond acceptors (Lipinski definition) is 1. The van der Waals surface area contributed by atoms with Gasteiger partial charge in [-0.2, -0.15) is 0 Å². The van der Waals surface area contributed by atoms with Crippen LogP contribution in [0, 0.1) is 3.57 Å². The molecule has 2 heterocycles. The molecule has 3 rings (SSSR count). The molecule has 1 aromatic heterocycles. The second-order valence-corrected chi connectivity index (χ2v) is 5.60. The van der Waals surface area contributed by atoms with Crippen LogP contribution in [0.1, 0.15) is 21.6 Å². The molecule has 92 valence electrons. The third kappa shape index (κ3) is 2.05. The summed E-state index contributed by atoms with van der Waals surface area (Å²) in [5.74, 6) is 0.131. The van der Waals surface area contributed by atoms with Gasteiger partial charge in [-0.05, 0) is 46.4 Å². The van der Waals surface area contributed by atoms with Gasteiger partial charge < -0.3 is 9.88 Å². The zero-order valence-electron chi connectivity index (χ0n) is 9.82. The van der Waals surface area contributed by atoms with Gasteiger partial charge in [-0.1, -0.05) is 12.1 Å². The molecule has 1 N–H and O–H groups in total. The number of fused-ring (bicyclic) bond motifs is 1. The minimum Gasteiger partial charge on any atom is -0.365 e. The minimum atomic E-state index is 0.131. The summed E-state index contributed by atoms with van der Waals surface area (Å²) >= 11 is 2.22. The first kappa shape index (κ1) is 11.8. The second kappa shape index (κ2) is 4.76. The lowest BCUT2D eigenvalue weighted by atomic mass is 10.1. The van der Waals surface area contributed by atoms with E-state index in [9.17, 15) is 4.79 Å². The van der Waals surface area contributed by atoms with E-state index in [-0.39, 0.29) is 5.91 Å². The molecule has 1 aromatic carbocycles. The molecule has 0 unspecified atom stereocenters. The van der Waals surface area contributed by atoms with Gasteiger partial charge in [-0.15, -0.1) is 0 Å². The Morgan fingerprint density at radius 2 is 2.11 bits per heavy atom. The van der Waals surface area contributed by atoms with Crippen LogP contribution >= 0.6 is 22.6 Å². The van der Waals surface area contributed by atoms with Crippen LogP contribution in [0.15, 0.2) is 36.5 Å². The summed E-state index contributed by atoms with van der Waals surface area (Å²) in [4.78, 5) is 17.6. The van der Waals surface area contributed by atoms with Crippen molar-refractivity contribution in [1.82, 2.24) is 9.88 Å². The van der Waals surface area contributed by atoms with E-state index in [1.807, 2.05) is 35.4 Å². The third-order valence-corrected chi connectivity index (χ3v) is 4.25. The number of carbonyl (C=O) groups excluding carboxylic acids is 1. The molecule has 18 heavy (non-hydrogen) atoms. The van der Waals surface area contributed by atoms with E-state index >= 15 is 0 Å². The van der Waals surface area contributed by atoms with E-state index in [2.05, 4.69) is 33.6 Å². The van der Waals surface area contributed by atoms with Gasteiger partial charge in [0, 0.05) is 35.0 Å². The molecule has 0 saturated carbocycles. The summed E-state index contributed by atoms with van der Waals surface area (Å²) in [5.41, 5.74) is 3.31. The molecule has 1 amide bonds. The Morgan fingerprint density at radius 1 is 1.28 bits per heavy atom. The highest BCUT2D eigenvalue weighted by Crippen LogP contribution is 2.21. The molecule has 1 aliphatic rings. The van der Waals surface area contributed by atoms with Gasteiger partial charge in [0.05, 0.1) is 5.56 Å². The SMILES string of the molecule is O=C(c1ccccc1I)N1CCc2[nH]ccc2C1. The van der Waals surface area contributed by atoms with Crippen LogP contribution in [0.25, 0.3) is 0 Å². The first-order chi connectivity index (χ1) is 8.75. The van der Waals surface area contributed by atoms with Crippen molar-refractivity contribution in [2.75, 3.05) is 6.54 Å². The summed E-state index contributed by atoms with van der Waals surface area (Å²) in [7, 11) is 0. The van der Waals surface area contributed by atoms with Crippen molar-refractivity contribution in [2.24, 2.45) is 0 Å². The first-order valence-electron chi connectivity index (χ1n) is 5.94. The van der Waals surface area contributed by atoms with Crippen LogP contribution in [0.3, 0.4) is 0 Å². The maximum atomic E-state index is 12.5.